The molecule has 0 aromatic carbocycles. The van der Waals surface area contributed by atoms with Crippen LogP contribution in [0.4, 0.5) is 0 Å². The van der Waals surface area contributed by atoms with E-state index in [0.717, 1.165) is 173 Å². The summed E-state index contributed by atoms with van der Waals surface area (Å²) in [6.45, 7) is 2.38. The van der Waals surface area contributed by atoms with E-state index in [1.165, 1.54) is 83.5 Å². The normalized spacial score (nSPS) is 14.8. The third-order valence-corrected chi connectivity index (χ3v) is 18.8. The van der Waals surface area contributed by atoms with Gasteiger partial charge in [0.05, 0.1) is 26.4 Å². The second-order valence-electron chi connectivity index (χ2n) is 27.2. The van der Waals surface area contributed by atoms with E-state index in [4.69, 9.17) is 32.3 Å². The summed E-state index contributed by atoms with van der Waals surface area (Å²) in [4.78, 5) is 58.8. The first-order chi connectivity index (χ1) is 52.2. The summed E-state index contributed by atoms with van der Waals surface area (Å²) in [5, 5.41) is 20.7. The maximum atomic E-state index is 13.0. The van der Waals surface area contributed by atoms with Crippen LogP contribution in [-0.2, 0) is 55.8 Å². The smallest absolute Gasteiger partial charge is 0.463 e. The molecule has 610 valence electrons. The van der Waals surface area contributed by atoms with Crippen molar-refractivity contribution in [1.82, 2.24) is 0 Å². The van der Waals surface area contributed by atoms with Gasteiger partial charge in [-0.3, -0.25) is 32.5 Å². The Kier molecular flexibility index (Phi) is 76.6. The monoisotopic (exact) mass is 1540 g/mol. The molecule has 107 heavy (non-hydrogen) atoms. The Bertz CT molecular complexity index is 2620. The van der Waals surface area contributed by atoms with Crippen LogP contribution in [0.15, 0.2) is 170 Å². The topological polar surface area (TPSA) is 231 Å². The Morgan fingerprint density at radius 2 is 0.495 bits per heavy atom. The molecule has 0 aliphatic carbocycles. The number of carbonyl (C=O) groups excluding carboxylic acids is 3. The molecule has 0 bridgehead atoms. The van der Waals surface area contributed by atoms with Gasteiger partial charge in [0.25, 0.3) is 0 Å². The van der Waals surface area contributed by atoms with Crippen molar-refractivity contribution in [2.24, 2.45) is 0 Å². The fraction of sp³-hybridized carbons (Fsp3) is 0.652. The number of phosphoric ester groups is 2. The zero-order valence-corrected chi connectivity index (χ0v) is 68.5. The van der Waals surface area contributed by atoms with Gasteiger partial charge in [-0.2, -0.15) is 0 Å². The molecule has 0 heterocycles. The van der Waals surface area contributed by atoms with Crippen LogP contribution in [0, 0.1) is 0 Å². The van der Waals surface area contributed by atoms with Crippen LogP contribution >= 0.6 is 15.6 Å². The summed E-state index contributed by atoms with van der Waals surface area (Å²) >= 11 is 0. The van der Waals surface area contributed by atoms with Gasteiger partial charge in [0, 0.05) is 19.3 Å². The number of phosphoric acid groups is 2. The molecule has 4 N–H and O–H groups in total. The number of carbonyl (C=O) groups is 3. The zero-order chi connectivity index (χ0) is 78.0. The van der Waals surface area contributed by atoms with Gasteiger partial charge < -0.3 is 34.2 Å². The number of hydrogen-bond donors (Lipinski definition) is 4. The van der Waals surface area contributed by atoms with Gasteiger partial charge in [-0.1, -0.05) is 313 Å². The molecule has 0 spiro atoms. The van der Waals surface area contributed by atoms with E-state index in [0.29, 0.717) is 19.3 Å². The number of aliphatic hydroxyl groups is 2. The van der Waals surface area contributed by atoms with Crippen molar-refractivity contribution in [3.63, 3.8) is 0 Å². The van der Waals surface area contributed by atoms with E-state index in [-0.39, 0.29) is 19.3 Å². The number of allylic oxidation sites excluding steroid dienone is 28. The lowest BCUT2D eigenvalue weighted by Gasteiger charge is -2.21. The molecular formula is C89H148O16P2. The van der Waals surface area contributed by atoms with Gasteiger partial charge in [-0.15, -0.1) is 0 Å². The molecule has 5 atom stereocenters. The summed E-state index contributed by atoms with van der Waals surface area (Å²) in [6.07, 6.45) is 103. The molecule has 5 unspecified atom stereocenters. The van der Waals surface area contributed by atoms with E-state index in [2.05, 4.69) is 191 Å². The van der Waals surface area contributed by atoms with Crippen molar-refractivity contribution >= 4 is 33.6 Å². The van der Waals surface area contributed by atoms with E-state index >= 15 is 0 Å². The second-order valence-corrected chi connectivity index (χ2v) is 30.1. The van der Waals surface area contributed by atoms with Gasteiger partial charge in [0.2, 0.25) is 0 Å². The first kappa shape index (κ1) is 102. The first-order valence-corrected chi connectivity index (χ1v) is 44.4. The molecule has 0 aromatic heterocycles. The average Bonchev–Trinajstić information content (AvgIpc) is 0.927. The summed E-state index contributed by atoms with van der Waals surface area (Å²) in [7, 11) is -9.82. The van der Waals surface area contributed by atoms with Gasteiger partial charge in [0.1, 0.15) is 25.4 Å². The SMILES string of the molecule is CC/C=C\C/C=C\C/C=C\C/C=C\C/C=C\C/C=C\CCCCCCCCC(=O)OCC(COP(=O)(O)OCC(O)COP(=O)(O)OCC(O)COC(=O)CCCCCCCCCCCCCCC/C=C\C/C=C\C/C=C\C/C=C\CCCCC)OC(=O)CCCCCC/C=C\C/C=C\C/C=C\C/C=C\CC. The van der Waals surface area contributed by atoms with Crippen molar-refractivity contribution in [3.05, 3.63) is 170 Å². The molecule has 0 aromatic rings. The zero-order valence-electron chi connectivity index (χ0n) is 66.7. The van der Waals surface area contributed by atoms with Crippen molar-refractivity contribution < 1.29 is 75.8 Å². The minimum atomic E-state index is -4.95. The van der Waals surface area contributed by atoms with Crippen LogP contribution < -0.4 is 0 Å². The summed E-state index contributed by atoms with van der Waals surface area (Å²) in [5.41, 5.74) is 0. The molecule has 0 saturated carbocycles. The Morgan fingerprint density at radius 3 is 0.785 bits per heavy atom. The van der Waals surface area contributed by atoms with Crippen LogP contribution in [0.25, 0.3) is 0 Å². The van der Waals surface area contributed by atoms with E-state index in [9.17, 15) is 43.5 Å². The van der Waals surface area contributed by atoms with Crippen molar-refractivity contribution in [3.8, 4) is 0 Å². The van der Waals surface area contributed by atoms with Crippen LogP contribution in [-0.4, -0.2) is 95.9 Å². The van der Waals surface area contributed by atoms with Crippen molar-refractivity contribution in [1.29, 1.82) is 0 Å². The highest BCUT2D eigenvalue weighted by molar-refractivity contribution is 7.47. The minimum Gasteiger partial charge on any atom is -0.463 e. The Balaban J connectivity index is 4.61. The lowest BCUT2D eigenvalue weighted by molar-refractivity contribution is -0.161. The fourth-order valence-electron chi connectivity index (χ4n) is 10.7. The van der Waals surface area contributed by atoms with Crippen molar-refractivity contribution in [2.45, 2.75) is 334 Å². The second kappa shape index (κ2) is 80.4. The molecule has 18 heteroatoms. The largest absolute Gasteiger partial charge is 0.472 e. The number of rotatable bonds is 77. The highest BCUT2D eigenvalue weighted by Gasteiger charge is 2.29. The van der Waals surface area contributed by atoms with E-state index in [1.807, 2.05) is 0 Å². The Morgan fingerprint density at radius 1 is 0.271 bits per heavy atom. The molecule has 0 radical (unpaired) electrons. The quantitative estimate of drug-likeness (QED) is 0.0146. The first-order valence-electron chi connectivity index (χ1n) is 41.4. The molecular weight excluding hydrogens is 1390 g/mol. The van der Waals surface area contributed by atoms with Gasteiger partial charge in [0.15, 0.2) is 6.10 Å². The molecule has 0 amide bonds. The maximum absolute atomic E-state index is 13.0. The summed E-state index contributed by atoms with van der Waals surface area (Å²) < 4.78 is 61.2. The summed E-state index contributed by atoms with van der Waals surface area (Å²) in [5.74, 6) is -1.63. The van der Waals surface area contributed by atoms with E-state index in [1.54, 1.807) is 0 Å². The van der Waals surface area contributed by atoms with E-state index < -0.39 is 91.5 Å². The number of esters is 3. The molecule has 0 aliphatic rings. The van der Waals surface area contributed by atoms with Gasteiger partial charge in [-0.05, 0) is 154 Å². The molecule has 16 nitrogen and oxygen atoms in total. The number of hydrogen-bond acceptors (Lipinski definition) is 14. The molecule has 0 fully saturated rings. The number of ether oxygens (including phenoxy) is 3. The minimum absolute atomic E-state index is 0.0668. The van der Waals surface area contributed by atoms with Crippen LogP contribution in [0.5, 0.6) is 0 Å². The predicted molar refractivity (Wildman–Crippen MR) is 445 cm³/mol. The lowest BCUT2D eigenvalue weighted by atomic mass is 10.0. The third kappa shape index (κ3) is 81.7. The Labute approximate surface area is 650 Å². The van der Waals surface area contributed by atoms with Crippen LogP contribution in [0.2, 0.25) is 0 Å². The van der Waals surface area contributed by atoms with Gasteiger partial charge >= 0.3 is 33.6 Å². The standard InChI is InChI=1S/C89H148O16P2/c1-4-7-10-13-16-19-22-25-28-31-33-35-37-39-40-41-42-44-46-47-49-52-54-57-60-63-66-69-72-75-87(92)99-78-84(90)79-101-106(95,96)102-80-85(91)81-103-107(97,98)104-83-86(105-89(94)77-74-71-68-65-62-59-56-51-30-27-24-21-18-15-12-9-6-3)82-100-88(93)76-73-70-67-64-61-58-55-53-50-48-45-43-38-36-34-32-29-26-23-20-17-14-11-8-5-2/h8-9,11-12,16-21,25-30,33-36,39-40,43,45,50,53,56,59,84-86,90-91H,4-7,10,13-15,22-24,31-32,37-38,41-42,44,46-49,51-52,54-55,57-58,60-83H2,1-3H3,(H,95,96)(H,97,98)/b11-8-,12-9-,19-16-,20-17-,21-18-,28-25-,29-26-,30-27-,35-33-,36-34-,40-39-,45-43-,53-50-,59-56-. The molecule has 0 aliphatic heterocycles. The maximum Gasteiger partial charge on any atom is 0.472 e. The van der Waals surface area contributed by atoms with Crippen molar-refractivity contribution in [2.75, 3.05) is 39.6 Å². The summed E-state index contributed by atoms with van der Waals surface area (Å²) in [6, 6.07) is 0. The number of aliphatic hydroxyl groups excluding tert-OH is 2. The highest BCUT2D eigenvalue weighted by Crippen LogP contribution is 2.45. The average molecular weight is 1540 g/mol. The van der Waals surface area contributed by atoms with Crippen LogP contribution in [0.3, 0.4) is 0 Å². The fourth-order valence-corrected chi connectivity index (χ4v) is 12.3. The van der Waals surface area contributed by atoms with Crippen LogP contribution in [0.1, 0.15) is 316 Å². The molecule has 0 saturated heterocycles. The highest BCUT2D eigenvalue weighted by atomic mass is 31.2. The Hall–Kier alpha value is -5.09. The predicted octanol–water partition coefficient (Wildman–Crippen LogP) is 24.8. The number of unbranched alkanes of at least 4 members (excludes halogenated alkanes) is 26. The third-order valence-electron chi connectivity index (χ3n) is 16.9. The lowest BCUT2D eigenvalue weighted by Crippen LogP contribution is -2.30. The van der Waals surface area contributed by atoms with Gasteiger partial charge in [-0.25, -0.2) is 9.13 Å². The molecule has 0 rings (SSSR count).